The molecule has 1 aliphatic rings. The first-order valence-electron chi connectivity index (χ1n) is 6.36. The number of amides is 1. The van der Waals surface area contributed by atoms with Crippen LogP contribution in [0, 0.1) is 5.92 Å². The Morgan fingerprint density at radius 1 is 1.45 bits per heavy atom. The summed E-state index contributed by atoms with van der Waals surface area (Å²) in [5.41, 5.74) is -0.574. The highest BCUT2D eigenvalue weighted by atomic mass is 16.6. The summed E-state index contributed by atoms with van der Waals surface area (Å²) in [4.78, 5) is 25.3. The molecule has 20 heavy (non-hydrogen) atoms. The molecule has 1 aliphatic heterocycles. The van der Waals surface area contributed by atoms with Gasteiger partial charge in [-0.2, -0.15) is 9.90 Å². The highest BCUT2D eigenvalue weighted by Crippen LogP contribution is 2.20. The van der Waals surface area contributed by atoms with Gasteiger partial charge >= 0.3 is 12.1 Å². The highest BCUT2D eigenvalue weighted by Gasteiger charge is 2.34. The third-order valence-electron chi connectivity index (χ3n) is 2.79. The quantitative estimate of drug-likeness (QED) is 0.882. The van der Waals surface area contributed by atoms with Crippen LogP contribution in [-0.2, 0) is 11.3 Å². The lowest BCUT2D eigenvalue weighted by Crippen LogP contribution is -2.52. The number of aromatic nitrogens is 3. The maximum Gasteiger partial charge on any atom is 0.410 e. The Kier molecular flexibility index (Phi) is 3.65. The molecule has 1 saturated heterocycles. The summed E-state index contributed by atoms with van der Waals surface area (Å²) < 4.78 is 5.25. The topological polar surface area (TPSA) is 97.6 Å². The Balaban J connectivity index is 1.79. The van der Waals surface area contributed by atoms with Crippen molar-refractivity contribution in [3.05, 3.63) is 11.9 Å². The van der Waals surface area contributed by atoms with Crippen molar-refractivity contribution in [2.24, 2.45) is 5.92 Å². The number of carboxylic acid groups (broad SMARTS) is 1. The number of nitrogens with zero attached hydrogens (tertiary/aromatic N) is 4. The first-order valence-corrected chi connectivity index (χ1v) is 6.36. The Bertz CT molecular complexity index is 514. The lowest BCUT2D eigenvalue weighted by atomic mass is 10.0. The molecule has 0 saturated carbocycles. The van der Waals surface area contributed by atoms with Crippen molar-refractivity contribution in [1.82, 2.24) is 19.9 Å². The maximum atomic E-state index is 11.7. The van der Waals surface area contributed by atoms with Crippen molar-refractivity contribution in [2.45, 2.75) is 32.9 Å². The van der Waals surface area contributed by atoms with E-state index >= 15 is 0 Å². The molecule has 1 aromatic rings. The van der Waals surface area contributed by atoms with E-state index in [0.29, 0.717) is 19.6 Å². The van der Waals surface area contributed by atoms with Gasteiger partial charge in [0, 0.05) is 19.0 Å². The van der Waals surface area contributed by atoms with Gasteiger partial charge in [-0.15, -0.1) is 5.10 Å². The van der Waals surface area contributed by atoms with E-state index in [1.807, 2.05) is 20.8 Å². The number of likely N-dealkylation sites (tertiary alicyclic amines) is 1. The molecular weight excluding hydrogens is 264 g/mol. The standard InChI is InChI=1S/C12H18N4O4/c1-12(2,3)20-11(19)15-5-8(6-15)7-16-13-4-9(14-16)10(17)18/h4,8H,5-7H2,1-3H3,(H,17,18). The molecule has 0 aromatic carbocycles. The number of hydrogen-bond donors (Lipinski definition) is 1. The van der Waals surface area contributed by atoms with Crippen molar-refractivity contribution in [1.29, 1.82) is 0 Å². The van der Waals surface area contributed by atoms with Crippen molar-refractivity contribution in [2.75, 3.05) is 13.1 Å². The second kappa shape index (κ2) is 5.10. The monoisotopic (exact) mass is 282 g/mol. The van der Waals surface area contributed by atoms with E-state index in [-0.39, 0.29) is 17.7 Å². The SMILES string of the molecule is CC(C)(C)OC(=O)N1CC(Cn2ncc(C(=O)O)n2)C1. The normalized spacial score (nSPS) is 15.8. The molecule has 8 nitrogen and oxygen atoms in total. The second-order valence-electron chi connectivity index (χ2n) is 5.84. The minimum absolute atomic E-state index is 0.0756. The maximum absolute atomic E-state index is 11.7. The van der Waals surface area contributed by atoms with E-state index in [2.05, 4.69) is 10.2 Å². The summed E-state index contributed by atoms with van der Waals surface area (Å²) >= 11 is 0. The van der Waals surface area contributed by atoms with Crippen LogP contribution < -0.4 is 0 Å². The second-order valence-corrected chi connectivity index (χ2v) is 5.84. The highest BCUT2D eigenvalue weighted by molar-refractivity contribution is 5.84. The predicted molar refractivity (Wildman–Crippen MR) is 68.3 cm³/mol. The van der Waals surface area contributed by atoms with Gasteiger partial charge in [0.15, 0.2) is 5.69 Å². The zero-order valence-corrected chi connectivity index (χ0v) is 11.7. The summed E-state index contributed by atoms with van der Waals surface area (Å²) in [5.74, 6) is -0.878. The fraction of sp³-hybridized carbons (Fsp3) is 0.667. The average molecular weight is 282 g/mol. The van der Waals surface area contributed by atoms with Gasteiger partial charge in [-0.3, -0.25) is 0 Å². The summed E-state index contributed by atoms with van der Waals surface area (Å²) in [7, 11) is 0. The van der Waals surface area contributed by atoms with Crippen molar-refractivity contribution in [3.63, 3.8) is 0 Å². The molecule has 1 amide bonds. The molecule has 0 bridgehead atoms. The van der Waals surface area contributed by atoms with Gasteiger partial charge in [0.25, 0.3) is 0 Å². The van der Waals surface area contributed by atoms with Crippen LogP contribution in [0.4, 0.5) is 4.79 Å². The van der Waals surface area contributed by atoms with Crippen LogP contribution in [0.3, 0.4) is 0 Å². The van der Waals surface area contributed by atoms with Crippen LogP contribution in [0.15, 0.2) is 6.20 Å². The van der Waals surface area contributed by atoms with Crippen molar-refractivity contribution in [3.8, 4) is 0 Å². The molecule has 1 fully saturated rings. The molecule has 110 valence electrons. The fourth-order valence-electron chi connectivity index (χ4n) is 1.88. The van der Waals surface area contributed by atoms with Crippen LogP contribution in [0.1, 0.15) is 31.3 Å². The van der Waals surface area contributed by atoms with Crippen molar-refractivity contribution >= 4 is 12.1 Å². The molecule has 0 spiro atoms. The van der Waals surface area contributed by atoms with Crippen LogP contribution in [0.5, 0.6) is 0 Å². The molecule has 2 rings (SSSR count). The first-order chi connectivity index (χ1) is 9.24. The van der Waals surface area contributed by atoms with Gasteiger partial charge in [-0.25, -0.2) is 9.59 Å². The largest absolute Gasteiger partial charge is 0.476 e. The molecule has 2 heterocycles. The van der Waals surface area contributed by atoms with Gasteiger partial charge in [0.05, 0.1) is 12.7 Å². The summed E-state index contributed by atoms with van der Waals surface area (Å²) in [6.07, 6.45) is 0.889. The number of ether oxygens (including phenoxy) is 1. The minimum Gasteiger partial charge on any atom is -0.476 e. The number of carbonyl (C=O) groups is 2. The molecular formula is C12H18N4O4. The van der Waals surface area contributed by atoms with Crippen LogP contribution in [-0.4, -0.2) is 55.8 Å². The molecule has 8 heteroatoms. The predicted octanol–water partition coefficient (Wildman–Crippen LogP) is 0.843. The molecule has 0 radical (unpaired) electrons. The summed E-state index contributed by atoms with van der Waals surface area (Å²) in [5, 5.41) is 16.5. The minimum atomic E-state index is -1.10. The summed E-state index contributed by atoms with van der Waals surface area (Å²) in [6, 6.07) is 0. The number of aromatic carboxylic acids is 1. The van der Waals surface area contributed by atoms with E-state index < -0.39 is 11.6 Å². The summed E-state index contributed by atoms with van der Waals surface area (Å²) in [6.45, 7) is 7.10. The van der Waals surface area contributed by atoms with Gasteiger partial charge in [-0.1, -0.05) is 0 Å². The number of hydrogen-bond acceptors (Lipinski definition) is 5. The van der Waals surface area contributed by atoms with E-state index in [9.17, 15) is 9.59 Å². The molecule has 0 atom stereocenters. The zero-order chi connectivity index (χ0) is 14.9. The Morgan fingerprint density at radius 2 is 2.10 bits per heavy atom. The lowest BCUT2D eigenvalue weighted by Gasteiger charge is -2.39. The first kappa shape index (κ1) is 14.3. The van der Waals surface area contributed by atoms with Crippen LogP contribution in [0.2, 0.25) is 0 Å². The number of carboxylic acids is 1. The Morgan fingerprint density at radius 3 is 2.60 bits per heavy atom. The van der Waals surface area contributed by atoms with Gasteiger partial charge in [-0.05, 0) is 20.8 Å². The Labute approximate surface area is 116 Å². The van der Waals surface area contributed by atoms with E-state index in [4.69, 9.17) is 9.84 Å². The third kappa shape index (κ3) is 3.46. The van der Waals surface area contributed by atoms with Gasteiger partial charge < -0.3 is 14.7 Å². The average Bonchev–Trinajstić information content (AvgIpc) is 2.68. The third-order valence-corrected chi connectivity index (χ3v) is 2.79. The van der Waals surface area contributed by atoms with E-state index in [1.165, 1.54) is 11.0 Å². The smallest absolute Gasteiger partial charge is 0.410 e. The van der Waals surface area contributed by atoms with E-state index in [1.54, 1.807) is 4.90 Å². The molecule has 1 aromatic heterocycles. The van der Waals surface area contributed by atoms with E-state index in [0.717, 1.165) is 0 Å². The van der Waals surface area contributed by atoms with Crippen molar-refractivity contribution < 1.29 is 19.4 Å². The molecule has 0 unspecified atom stereocenters. The number of carbonyl (C=O) groups excluding carboxylic acids is 1. The Hall–Kier alpha value is -2.12. The van der Waals surface area contributed by atoms with Gasteiger partial charge in [0.1, 0.15) is 5.60 Å². The lowest BCUT2D eigenvalue weighted by molar-refractivity contribution is -0.00445. The van der Waals surface area contributed by atoms with Crippen LogP contribution >= 0.6 is 0 Å². The number of rotatable bonds is 3. The molecule has 1 N–H and O–H groups in total. The van der Waals surface area contributed by atoms with Gasteiger partial charge in [0.2, 0.25) is 0 Å². The molecule has 0 aliphatic carbocycles. The zero-order valence-electron chi connectivity index (χ0n) is 11.7. The van der Waals surface area contributed by atoms with Crippen LogP contribution in [0.25, 0.3) is 0 Å². The fourth-order valence-corrected chi connectivity index (χ4v) is 1.88.